The molecule has 2 heteroatoms. The molecule has 2 saturated carbocycles. The molecule has 2 aliphatic rings. The molecule has 2 bridgehead atoms. The van der Waals surface area contributed by atoms with Crippen molar-refractivity contribution in [1.29, 1.82) is 0 Å². The minimum absolute atomic E-state index is 0.0788. The fourth-order valence-corrected chi connectivity index (χ4v) is 3.59. The SMILES string of the molecule is CC(=O)C(C(C)=O)[C@@H]1C[C@H]2CC[C@@H]1C2. The van der Waals surface area contributed by atoms with Crippen LogP contribution < -0.4 is 0 Å². The number of fused-ring (bicyclic) bond motifs is 2. The molecule has 14 heavy (non-hydrogen) atoms. The summed E-state index contributed by atoms with van der Waals surface area (Å²) in [6, 6.07) is 0. The van der Waals surface area contributed by atoms with Gasteiger partial charge in [-0.1, -0.05) is 6.42 Å². The zero-order valence-electron chi connectivity index (χ0n) is 8.95. The quantitative estimate of drug-likeness (QED) is 0.645. The highest BCUT2D eigenvalue weighted by atomic mass is 16.1. The molecule has 0 N–H and O–H groups in total. The van der Waals surface area contributed by atoms with Gasteiger partial charge in [-0.2, -0.15) is 0 Å². The Labute approximate surface area is 85.1 Å². The third-order valence-corrected chi connectivity index (χ3v) is 4.10. The zero-order chi connectivity index (χ0) is 10.3. The van der Waals surface area contributed by atoms with Crippen molar-refractivity contribution in [3.63, 3.8) is 0 Å². The minimum atomic E-state index is -0.287. The van der Waals surface area contributed by atoms with Gasteiger partial charge < -0.3 is 0 Å². The van der Waals surface area contributed by atoms with E-state index in [-0.39, 0.29) is 17.5 Å². The van der Waals surface area contributed by atoms with E-state index >= 15 is 0 Å². The van der Waals surface area contributed by atoms with Gasteiger partial charge in [0.05, 0.1) is 5.92 Å². The summed E-state index contributed by atoms with van der Waals surface area (Å²) in [7, 11) is 0. The largest absolute Gasteiger partial charge is 0.299 e. The van der Waals surface area contributed by atoms with Crippen LogP contribution in [0.5, 0.6) is 0 Å². The number of carbonyl (C=O) groups is 2. The van der Waals surface area contributed by atoms with Crippen LogP contribution in [0.4, 0.5) is 0 Å². The maximum absolute atomic E-state index is 11.4. The lowest BCUT2D eigenvalue weighted by atomic mass is 9.76. The van der Waals surface area contributed by atoms with E-state index < -0.39 is 0 Å². The van der Waals surface area contributed by atoms with Gasteiger partial charge in [0.25, 0.3) is 0 Å². The summed E-state index contributed by atoms with van der Waals surface area (Å²) in [4.78, 5) is 22.9. The zero-order valence-corrected chi connectivity index (χ0v) is 8.95. The number of hydrogen-bond acceptors (Lipinski definition) is 2. The summed E-state index contributed by atoms with van der Waals surface area (Å²) in [5, 5.41) is 0. The van der Waals surface area contributed by atoms with Crippen LogP contribution in [0.2, 0.25) is 0 Å². The van der Waals surface area contributed by atoms with Gasteiger partial charge in [0, 0.05) is 0 Å². The lowest BCUT2D eigenvalue weighted by Crippen LogP contribution is -2.31. The summed E-state index contributed by atoms with van der Waals surface area (Å²) in [5.41, 5.74) is 0. The lowest BCUT2D eigenvalue weighted by molar-refractivity contribution is -0.133. The molecule has 3 atom stereocenters. The Balaban J connectivity index is 2.13. The van der Waals surface area contributed by atoms with Gasteiger partial charge in [-0.3, -0.25) is 9.59 Å². The van der Waals surface area contributed by atoms with Crippen LogP contribution in [0.25, 0.3) is 0 Å². The van der Waals surface area contributed by atoms with Crippen molar-refractivity contribution < 1.29 is 9.59 Å². The molecule has 0 aromatic rings. The van der Waals surface area contributed by atoms with E-state index in [1.807, 2.05) is 0 Å². The van der Waals surface area contributed by atoms with Gasteiger partial charge in [0.1, 0.15) is 11.6 Å². The van der Waals surface area contributed by atoms with Crippen molar-refractivity contribution in [2.45, 2.75) is 39.5 Å². The summed E-state index contributed by atoms with van der Waals surface area (Å²) in [6.45, 7) is 3.14. The average molecular weight is 194 g/mol. The fraction of sp³-hybridized carbons (Fsp3) is 0.833. The highest BCUT2D eigenvalue weighted by Crippen LogP contribution is 2.51. The van der Waals surface area contributed by atoms with Gasteiger partial charge in [-0.15, -0.1) is 0 Å². The van der Waals surface area contributed by atoms with Crippen molar-refractivity contribution in [2.24, 2.45) is 23.7 Å². The molecule has 78 valence electrons. The minimum Gasteiger partial charge on any atom is -0.299 e. The highest BCUT2D eigenvalue weighted by Gasteiger charge is 2.45. The van der Waals surface area contributed by atoms with E-state index in [1.54, 1.807) is 13.8 Å². The van der Waals surface area contributed by atoms with E-state index in [0.29, 0.717) is 11.8 Å². The maximum atomic E-state index is 11.4. The smallest absolute Gasteiger partial charge is 0.140 e. The molecular weight excluding hydrogens is 176 g/mol. The Morgan fingerprint density at radius 3 is 2.07 bits per heavy atom. The molecule has 0 spiro atoms. The maximum Gasteiger partial charge on any atom is 0.140 e. The first-order chi connectivity index (χ1) is 6.59. The Kier molecular flexibility index (Phi) is 2.46. The predicted octanol–water partition coefficient (Wildman–Crippen LogP) is 2.22. The molecule has 0 unspecified atom stereocenters. The number of rotatable bonds is 3. The van der Waals surface area contributed by atoms with Crippen molar-refractivity contribution in [3.05, 3.63) is 0 Å². The first kappa shape index (κ1) is 9.88. The second kappa shape index (κ2) is 3.48. The first-order valence-corrected chi connectivity index (χ1v) is 5.60. The second-order valence-electron chi connectivity index (χ2n) is 5.04. The summed E-state index contributed by atoms with van der Waals surface area (Å²) in [5.74, 6) is 1.73. The molecular formula is C12H18O2. The molecule has 0 amide bonds. The van der Waals surface area contributed by atoms with Gasteiger partial charge in [-0.05, 0) is 50.9 Å². The highest BCUT2D eigenvalue weighted by molar-refractivity contribution is 6.00. The van der Waals surface area contributed by atoms with Gasteiger partial charge in [-0.25, -0.2) is 0 Å². The van der Waals surface area contributed by atoms with E-state index in [4.69, 9.17) is 0 Å². The second-order valence-corrected chi connectivity index (χ2v) is 5.04. The van der Waals surface area contributed by atoms with Crippen LogP contribution in [-0.2, 0) is 9.59 Å². The van der Waals surface area contributed by atoms with E-state index in [9.17, 15) is 9.59 Å². The number of carbonyl (C=O) groups excluding carboxylic acids is 2. The molecule has 0 aromatic carbocycles. The standard InChI is InChI=1S/C12H18O2/c1-7(13)12(8(2)14)11-6-9-3-4-10(11)5-9/h9-12H,3-6H2,1-2H3/t9-,10+,11+/m0/s1. The van der Waals surface area contributed by atoms with E-state index in [2.05, 4.69) is 0 Å². The van der Waals surface area contributed by atoms with Crippen LogP contribution in [0.3, 0.4) is 0 Å². The lowest BCUT2D eigenvalue weighted by Gasteiger charge is -2.26. The molecule has 0 radical (unpaired) electrons. The van der Waals surface area contributed by atoms with Crippen LogP contribution in [-0.4, -0.2) is 11.6 Å². The topological polar surface area (TPSA) is 34.1 Å². The fourth-order valence-electron chi connectivity index (χ4n) is 3.59. The Morgan fingerprint density at radius 1 is 1.07 bits per heavy atom. The summed E-state index contributed by atoms with van der Waals surface area (Å²) in [6.07, 6.45) is 4.95. The predicted molar refractivity (Wildman–Crippen MR) is 53.8 cm³/mol. The number of Topliss-reactive ketones (excluding diaryl/α,β-unsaturated/α-hetero) is 2. The van der Waals surface area contributed by atoms with Gasteiger partial charge in [0.15, 0.2) is 0 Å². The Hall–Kier alpha value is -0.660. The van der Waals surface area contributed by atoms with Gasteiger partial charge >= 0.3 is 0 Å². The van der Waals surface area contributed by atoms with Gasteiger partial charge in [0.2, 0.25) is 0 Å². The van der Waals surface area contributed by atoms with Crippen molar-refractivity contribution in [3.8, 4) is 0 Å². The Bertz CT molecular complexity index is 255. The molecule has 0 heterocycles. The summed E-state index contributed by atoms with van der Waals surface area (Å²) >= 11 is 0. The van der Waals surface area contributed by atoms with Crippen LogP contribution in [0, 0.1) is 23.7 Å². The third kappa shape index (κ3) is 1.51. The normalized spacial score (nSPS) is 35.2. The number of hydrogen-bond donors (Lipinski definition) is 0. The molecule has 0 aromatic heterocycles. The molecule has 0 aliphatic heterocycles. The first-order valence-electron chi connectivity index (χ1n) is 5.60. The molecule has 2 aliphatic carbocycles. The van der Waals surface area contributed by atoms with Crippen molar-refractivity contribution >= 4 is 11.6 Å². The van der Waals surface area contributed by atoms with Crippen LogP contribution in [0.15, 0.2) is 0 Å². The summed E-state index contributed by atoms with van der Waals surface area (Å²) < 4.78 is 0. The number of ketones is 2. The van der Waals surface area contributed by atoms with Crippen molar-refractivity contribution in [2.75, 3.05) is 0 Å². The molecule has 2 rings (SSSR count). The molecule has 2 nitrogen and oxygen atoms in total. The van der Waals surface area contributed by atoms with E-state index in [0.717, 1.165) is 12.3 Å². The average Bonchev–Trinajstić information content (AvgIpc) is 2.63. The van der Waals surface area contributed by atoms with Crippen LogP contribution >= 0.6 is 0 Å². The van der Waals surface area contributed by atoms with E-state index in [1.165, 1.54) is 19.3 Å². The van der Waals surface area contributed by atoms with Crippen molar-refractivity contribution in [1.82, 2.24) is 0 Å². The molecule has 0 saturated heterocycles. The molecule has 2 fully saturated rings. The van der Waals surface area contributed by atoms with Crippen LogP contribution in [0.1, 0.15) is 39.5 Å². The third-order valence-electron chi connectivity index (χ3n) is 4.10. The monoisotopic (exact) mass is 194 g/mol. The Morgan fingerprint density at radius 2 is 1.71 bits per heavy atom.